The summed E-state index contributed by atoms with van der Waals surface area (Å²) in [6.45, 7) is 1.56. The fourth-order valence-corrected chi connectivity index (χ4v) is 3.16. The summed E-state index contributed by atoms with van der Waals surface area (Å²) in [4.78, 5) is 35.4. The van der Waals surface area contributed by atoms with Crippen LogP contribution >= 0.6 is 11.6 Å². The number of nitrogens with one attached hydrogen (secondary N) is 1. The third-order valence-corrected chi connectivity index (χ3v) is 4.79. The maximum absolute atomic E-state index is 12.2. The Bertz CT molecular complexity index is 1120. The van der Waals surface area contributed by atoms with Crippen molar-refractivity contribution in [2.75, 3.05) is 6.61 Å². The number of hydrogen-bond acceptors (Lipinski definition) is 5. The maximum Gasteiger partial charge on any atom is 0.336 e. The van der Waals surface area contributed by atoms with E-state index in [1.165, 1.54) is 12.1 Å². The highest BCUT2D eigenvalue weighted by molar-refractivity contribution is 6.30. The number of aliphatic carboxylic acids is 1. The van der Waals surface area contributed by atoms with Crippen LogP contribution in [0.15, 0.2) is 57.7 Å². The topological polar surface area (TPSA) is 106 Å². The predicted molar refractivity (Wildman–Crippen MR) is 112 cm³/mol. The Balaban J connectivity index is 1.64. The smallest absolute Gasteiger partial charge is 0.336 e. The average Bonchev–Trinajstić information content (AvgIpc) is 2.72. The quantitative estimate of drug-likeness (QED) is 0.533. The van der Waals surface area contributed by atoms with E-state index in [-0.39, 0.29) is 13.0 Å². The molecule has 1 amide bonds. The van der Waals surface area contributed by atoms with E-state index in [4.69, 9.17) is 20.8 Å². The molecule has 2 aromatic carbocycles. The van der Waals surface area contributed by atoms with Gasteiger partial charge in [0, 0.05) is 29.0 Å². The number of benzene rings is 2. The largest absolute Gasteiger partial charge is 0.484 e. The van der Waals surface area contributed by atoms with Crippen molar-refractivity contribution in [1.82, 2.24) is 5.32 Å². The average molecular weight is 430 g/mol. The highest BCUT2D eigenvalue weighted by Gasteiger charge is 2.20. The van der Waals surface area contributed by atoms with E-state index in [0.717, 1.165) is 16.5 Å². The number of carbonyl (C=O) groups is 2. The summed E-state index contributed by atoms with van der Waals surface area (Å²) in [6.07, 6.45) is 0.786. The van der Waals surface area contributed by atoms with Crippen molar-refractivity contribution in [1.29, 1.82) is 0 Å². The number of rotatable bonds is 8. The van der Waals surface area contributed by atoms with Crippen LogP contribution in [0.25, 0.3) is 11.0 Å². The van der Waals surface area contributed by atoms with Crippen LogP contribution in [0.4, 0.5) is 0 Å². The van der Waals surface area contributed by atoms with E-state index in [9.17, 15) is 19.5 Å². The Morgan fingerprint density at radius 2 is 1.90 bits per heavy atom. The molecule has 0 unspecified atom stereocenters. The first kappa shape index (κ1) is 21.4. The van der Waals surface area contributed by atoms with Crippen molar-refractivity contribution in [2.45, 2.75) is 25.8 Å². The number of carbonyl (C=O) groups excluding carboxylic acids is 1. The highest BCUT2D eigenvalue weighted by atomic mass is 35.5. The number of amides is 1. The molecule has 1 aromatic heterocycles. The van der Waals surface area contributed by atoms with Gasteiger partial charge in [0.1, 0.15) is 17.4 Å². The van der Waals surface area contributed by atoms with Gasteiger partial charge in [0.25, 0.3) is 5.91 Å². The number of halogens is 1. The summed E-state index contributed by atoms with van der Waals surface area (Å²) >= 11 is 5.83. The van der Waals surface area contributed by atoms with E-state index in [1.54, 1.807) is 36.4 Å². The third kappa shape index (κ3) is 5.39. The lowest BCUT2D eigenvalue weighted by Gasteiger charge is -2.15. The maximum atomic E-state index is 12.2. The van der Waals surface area contributed by atoms with Crippen LogP contribution in [0.1, 0.15) is 18.1 Å². The molecule has 156 valence electrons. The van der Waals surface area contributed by atoms with Crippen LogP contribution in [0, 0.1) is 0 Å². The lowest BCUT2D eigenvalue weighted by atomic mass is 10.1. The lowest BCUT2D eigenvalue weighted by molar-refractivity contribution is -0.142. The first-order valence-electron chi connectivity index (χ1n) is 9.32. The molecule has 0 bridgehead atoms. The van der Waals surface area contributed by atoms with Gasteiger partial charge in [-0.2, -0.15) is 0 Å². The number of hydrogen-bond donors (Lipinski definition) is 2. The molecule has 3 rings (SSSR count). The van der Waals surface area contributed by atoms with E-state index in [0.29, 0.717) is 22.8 Å². The van der Waals surface area contributed by atoms with Crippen molar-refractivity contribution in [3.63, 3.8) is 0 Å². The molecule has 8 heteroatoms. The first-order valence-corrected chi connectivity index (χ1v) is 9.69. The molecule has 3 aromatic rings. The van der Waals surface area contributed by atoms with Gasteiger partial charge in [-0.1, -0.05) is 30.7 Å². The summed E-state index contributed by atoms with van der Waals surface area (Å²) in [5.41, 5.74) is 1.49. The zero-order chi connectivity index (χ0) is 21.7. The molecular weight excluding hydrogens is 410 g/mol. The summed E-state index contributed by atoms with van der Waals surface area (Å²) < 4.78 is 10.7. The molecule has 2 N–H and O–H groups in total. The molecule has 0 saturated carbocycles. The Hall–Kier alpha value is -3.32. The Morgan fingerprint density at radius 1 is 1.17 bits per heavy atom. The Kier molecular flexibility index (Phi) is 6.74. The standard InChI is InChI=1S/C22H20ClNO6/c1-2-14-10-21(26)30-19-11-16(7-8-17(14)19)29-12-20(25)24-18(22(27)28)9-13-3-5-15(23)6-4-13/h3-8,10-11,18H,2,9,12H2,1H3,(H,24,25)(H,27,28)/t18-/m1/s1. The molecule has 0 fully saturated rings. The zero-order valence-electron chi connectivity index (χ0n) is 16.2. The number of aryl methyl sites for hydroxylation is 1. The molecule has 0 spiro atoms. The second kappa shape index (κ2) is 9.45. The van der Waals surface area contributed by atoms with Gasteiger partial charge in [0.2, 0.25) is 0 Å². The van der Waals surface area contributed by atoms with Crippen molar-refractivity contribution in [3.8, 4) is 5.75 Å². The number of ether oxygens (including phenoxy) is 1. The van der Waals surface area contributed by atoms with E-state index >= 15 is 0 Å². The number of carboxylic acids is 1. The normalized spacial score (nSPS) is 11.8. The summed E-state index contributed by atoms with van der Waals surface area (Å²) in [5, 5.41) is 13.2. The van der Waals surface area contributed by atoms with Crippen molar-refractivity contribution >= 4 is 34.4 Å². The van der Waals surface area contributed by atoms with Gasteiger partial charge >= 0.3 is 11.6 Å². The minimum Gasteiger partial charge on any atom is -0.484 e. The van der Waals surface area contributed by atoms with Crippen LogP contribution in [0.2, 0.25) is 5.02 Å². The van der Waals surface area contributed by atoms with Gasteiger partial charge in [0.15, 0.2) is 6.61 Å². The number of carboxylic acid groups (broad SMARTS) is 1. The molecule has 0 aliphatic heterocycles. The molecule has 30 heavy (non-hydrogen) atoms. The van der Waals surface area contributed by atoms with E-state index < -0.39 is 23.5 Å². The SMILES string of the molecule is CCc1cc(=O)oc2cc(OCC(=O)N[C@H](Cc3ccc(Cl)cc3)C(=O)O)ccc12. The minimum atomic E-state index is -1.15. The van der Waals surface area contributed by atoms with Crippen LogP contribution in [-0.4, -0.2) is 29.6 Å². The van der Waals surface area contributed by atoms with Crippen molar-refractivity contribution < 1.29 is 23.8 Å². The van der Waals surface area contributed by atoms with E-state index in [1.807, 2.05) is 6.92 Å². The van der Waals surface area contributed by atoms with Gasteiger partial charge in [0.05, 0.1) is 0 Å². The second-order valence-corrected chi connectivity index (χ2v) is 7.12. The molecule has 0 aliphatic carbocycles. The van der Waals surface area contributed by atoms with Gasteiger partial charge in [-0.3, -0.25) is 4.79 Å². The highest BCUT2D eigenvalue weighted by Crippen LogP contribution is 2.23. The Labute approximate surface area is 177 Å². The van der Waals surface area contributed by atoms with Crippen LogP contribution in [-0.2, 0) is 22.4 Å². The van der Waals surface area contributed by atoms with Crippen LogP contribution in [0.5, 0.6) is 5.75 Å². The monoisotopic (exact) mass is 429 g/mol. The van der Waals surface area contributed by atoms with Crippen LogP contribution in [0.3, 0.4) is 0 Å². The van der Waals surface area contributed by atoms with Crippen LogP contribution < -0.4 is 15.7 Å². The minimum absolute atomic E-state index is 0.110. The molecule has 0 saturated heterocycles. The first-order chi connectivity index (χ1) is 14.4. The Morgan fingerprint density at radius 3 is 2.57 bits per heavy atom. The van der Waals surface area contributed by atoms with Gasteiger partial charge in [-0.05, 0) is 41.8 Å². The van der Waals surface area contributed by atoms with Crippen molar-refractivity contribution in [3.05, 3.63) is 75.1 Å². The molecule has 1 heterocycles. The molecule has 1 atom stereocenters. The summed E-state index contributed by atoms with van der Waals surface area (Å²) in [5.74, 6) is -1.41. The van der Waals surface area contributed by atoms with Gasteiger partial charge < -0.3 is 19.6 Å². The van der Waals surface area contributed by atoms with Gasteiger partial charge in [-0.25, -0.2) is 9.59 Å². The second-order valence-electron chi connectivity index (χ2n) is 6.68. The van der Waals surface area contributed by atoms with Gasteiger partial charge in [-0.15, -0.1) is 0 Å². The number of fused-ring (bicyclic) bond motifs is 1. The predicted octanol–water partition coefficient (Wildman–Crippen LogP) is 3.20. The summed E-state index contributed by atoms with van der Waals surface area (Å²) in [6, 6.07) is 12.0. The molecule has 0 radical (unpaired) electrons. The van der Waals surface area contributed by atoms with E-state index in [2.05, 4.69) is 5.32 Å². The fraction of sp³-hybridized carbons (Fsp3) is 0.227. The summed E-state index contributed by atoms with van der Waals surface area (Å²) in [7, 11) is 0. The molecule has 7 nitrogen and oxygen atoms in total. The fourth-order valence-electron chi connectivity index (χ4n) is 3.03. The van der Waals surface area contributed by atoms with Crippen molar-refractivity contribution in [2.24, 2.45) is 0 Å². The molecular formula is C22H20ClNO6. The lowest BCUT2D eigenvalue weighted by Crippen LogP contribution is -2.44. The third-order valence-electron chi connectivity index (χ3n) is 4.54. The molecule has 0 aliphatic rings. The zero-order valence-corrected chi connectivity index (χ0v) is 16.9.